The summed E-state index contributed by atoms with van der Waals surface area (Å²) < 4.78 is 18.8. The number of carbonyl (C=O) groups is 1. The molecule has 32 heavy (non-hydrogen) atoms. The molecule has 0 aliphatic carbocycles. The van der Waals surface area contributed by atoms with Crippen molar-refractivity contribution in [3.8, 4) is 5.75 Å². The smallest absolute Gasteiger partial charge is 0.185 e. The zero-order chi connectivity index (χ0) is 22.6. The van der Waals surface area contributed by atoms with Crippen LogP contribution >= 0.6 is 0 Å². The Morgan fingerprint density at radius 2 is 1.47 bits per heavy atom. The van der Waals surface area contributed by atoms with Crippen molar-refractivity contribution in [1.82, 2.24) is 0 Å². The summed E-state index contributed by atoms with van der Waals surface area (Å²) in [6.45, 7) is 4.48. The molecule has 0 saturated carbocycles. The number of hydrogen-bond donors (Lipinski definition) is 0. The second kappa shape index (κ2) is 12.4. The maximum atomic E-state index is 12.9. The number of rotatable bonds is 12. The third-order valence-corrected chi connectivity index (χ3v) is 5.28. The van der Waals surface area contributed by atoms with Gasteiger partial charge in [0.1, 0.15) is 11.6 Å². The minimum Gasteiger partial charge on any atom is -0.494 e. The average Bonchev–Trinajstić information content (AvgIpc) is 2.83. The van der Waals surface area contributed by atoms with Crippen molar-refractivity contribution in [2.75, 3.05) is 6.61 Å². The second-order valence-corrected chi connectivity index (χ2v) is 7.73. The van der Waals surface area contributed by atoms with Gasteiger partial charge in [-0.05, 0) is 78.4 Å². The Labute approximate surface area is 190 Å². The molecule has 3 heteroatoms. The number of ketones is 1. The lowest BCUT2D eigenvalue weighted by molar-refractivity contribution is 0.104. The molecular weight excluding hydrogens is 399 g/mol. The molecule has 0 saturated heterocycles. The van der Waals surface area contributed by atoms with Gasteiger partial charge in [-0.1, -0.05) is 68.0 Å². The lowest BCUT2D eigenvalue weighted by Gasteiger charge is -2.07. The van der Waals surface area contributed by atoms with Crippen molar-refractivity contribution in [3.63, 3.8) is 0 Å². The van der Waals surface area contributed by atoms with Crippen molar-refractivity contribution in [2.45, 2.75) is 32.1 Å². The summed E-state index contributed by atoms with van der Waals surface area (Å²) in [5, 5.41) is 0. The summed E-state index contributed by atoms with van der Waals surface area (Å²) in [6.07, 6.45) is 10.8. The number of unbranched alkanes of at least 4 members (excludes halogenated alkanes) is 3. The van der Waals surface area contributed by atoms with Gasteiger partial charge in [-0.3, -0.25) is 4.79 Å². The molecule has 0 atom stereocenters. The molecule has 0 heterocycles. The summed E-state index contributed by atoms with van der Waals surface area (Å²) in [4.78, 5) is 12.1. The van der Waals surface area contributed by atoms with Gasteiger partial charge in [-0.25, -0.2) is 4.39 Å². The average molecular weight is 429 g/mol. The Morgan fingerprint density at radius 1 is 0.812 bits per heavy atom. The van der Waals surface area contributed by atoms with Gasteiger partial charge in [0, 0.05) is 5.56 Å². The van der Waals surface area contributed by atoms with Crippen LogP contribution in [0.2, 0.25) is 0 Å². The van der Waals surface area contributed by atoms with Crippen LogP contribution in [-0.4, -0.2) is 12.4 Å². The number of ether oxygens (including phenoxy) is 1. The first-order chi connectivity index (χ1) is 15.6. The van der Waals surface area contributed by atoms with E-state index in [4.69, 9.17) is 4.74 Å². The Morgan fingerprint density at radius 3 is 2.16 bits per heavy atom. The van der Waals surface area contributed by atoms with E-state index in [-0.39, 0.29) is 11.6 Å². The Kier molecular flexibility index (Phi) is 9.00. The fourth-order valence-corrected chi connectivity index (χ4v) is 3.35. The largest absolute Gasteiger partial charge is 0.494 e. The van der Waals surface area contributed by atoms with Crippen LogP contribution in [0.15, 0.2) is 85.5 Å². The summed E-state index contributed by atoms with van der Waals surface area (Å²) in [5.41, 5.74) is 3.91. The summed E-state index contributed by atoms with van der Waals surface area (Å²) >= 11 is 0. The molecule has 0 unspecified atom stereocenters. The lowest BCUT2D eigenvalue weighted by Crippen LogP contribution is -1.97. The minimum atomic E-state index is -0.351. The molecule has 0 radical (unpaired) electrons. The summed E-state index contributed by atoms with van der Waals surface area (Å²) in [5.74, 6) is 0.323. The van der Waals surface area contributed by atoms with E-state index in [0.29, 0.717) is 12.2 Å². The van der Waals surface area contributed by atoms with E-state index in [1.54, 1.807) is 6.08 Å². The highest BCUT2D eigenvalue weighted by molar-refractivity contribution is 6.06. The first kappa shape index (κ1) is 23.2. The Balaban J connectivity index is 1.31. The van der Waals surface area contributed by atoms with Crippen LogP contribution in [0, 0.1) is 5.82 Å². The van der Waals surface area contributed by atoms with Crippen LogP contribution in [-0.2, 0) is 6.42 Å². The number of aryl methyl sites for hydroxylation is 1. The van der Waals surface area contributed by atoms with E-state index in [1.807, 2.05) is 30.3 Å². The number of hydrogen-bond acceptors (Lipinski definition) is 2. The van der Waals surface area contributed by atoms with Gasteiger partial charge in [0.25, 0.3) is 0 Å². The SMILES string of the molecule is C=Cc1ccc(CCCCCCOc2ccc(C=CC(=O)c3ccc(F)cc3)cc2)cc1. The molecule has 3 rings (SSSR count). The van der Waals surface area contributed by atoms with Gasteiger partial charge in [0.15, 0.2) is 5.78 Å². The standard InChI is InChI=1S/C29H29FO2/c1-2-23-8-10-24(11-9-23)7-5-3-4-6-22-32-28-19-12-25(13-20-28)14-21-29(31)26-15-17-27(30)18-16-26/h2,8-21H,1,3-7,22H2. The van der Waals surface area contributed by atoms with Crippen LogP contribution in [0.25, 0.3) is 12.2 Å². The van der Waals surface area contributed by atoms with Gasteiger partial charge < -0.3 is 4.74 Å². The first-order valence-corrected chi connectivity index (χ1v) is 11.1. The number of carbonyl (C=O) groups excluding carboxylic acids is 1. The van der Waals surface area contributed by atoms with Crippen LogP contribution in [0.5, 0.6) is 5.75 Å². The minimum absolute atomic E-state index is 0.154. The van der Waals surface area contributed by atoms with E-state index < -0.39 is 0 Å². The van der Waals surface area contributed by atoms with E-state index in [9.17, 15) is 9.18 Å². The molecule has 0 amide bonds. The topological polar surface area (TPSA) is 26.3 Å². The predicted octanol–water partition coefficient (Wildman–Crippen LogP) is 7.55. The van der Waals surface area contributed by atoms with Gasteiger partial charge >= 0.3 is 0 Å². The fourth-order valence-electron chi connectivity index (χ4n) is 3.35. The second-order valence-electron chi connectivity index (χ2n) is 7.73. The van der Waals surface area contributed by atoms with Crippen molar-refractivity contribution in [2.24, 2.45) is 0 Å². The summed E-state index contributed by atoms with van der Waals surface area (Å²) in [7, 11) is 0. The van der Waals surface area contributed by atoms with Crippen molar-refractivity contribution in [3.05, 3.63) is 114 Å². The molecule has 0 bridgehead atoms. The predicted molar refractivity (Wildman–Crippen MR) is 130 cm³/mol. The third-order valence-electron chi connectivity index (χ3n) is 5.28. The number of benzene rings is 3. The molecular formula is C29H29FO2. The first-order valence-electron chi connectivity index (χ1n) is 11.1. The molecule has 0 spiro atoms. The number of halogens is 1. The van der Waals surface area contributed by atoms with E-state index in [2.05, 4.69) is 30.8 Å². The van der Waals surface area contributed by atoms with Gasteiger partial charge in [0.2, 0.25) is 0 Å². The molecule has 0 fully saturated rings. The maximum Gasteiger partial charge on any atom is 0.185 e. The van der Waals surface area contributed by atoms with E-state index in [0.717, 1.165) is 36.1 Å². The van der Waals surface area contributed by atoms with Crippen molar-refractivity contribution >= 4 is 17.9 Å². The monoisotopic (exact) mass is 428 g/mol. The molecule has 0 aromatic heterocycles. The van der Waals surface area contributed by atoms with Gasteiger partial charge in [-0.2, -0.15) is 0 Å². The zero-order valence-electron chi connectivity index (χ0n) is 18.3. The molecule has 3 aromatic carbocycles. The van der Waals surface area contributed by atoms with Crippen LogP contribution in [0.4, 0.5) is 4.39 Å². The van der Waals surface area contributed by atoms with Crippen LogP contribution in [0.3, 0.4) is 0 Å². The molecule has 164 valence electrons. The number of allylic oxidation sites excluding steroid dienone is 1. The van der Waals surface area contributed by atoms with E-state index in [1.165, 1.54) is 48.7 Å². The molecule has 0 N–H and O–H groups in total. The van der Waals surface area contributed by atoms with Crippen molar-refractivity contribution in [1.29, 1.82) is 0 Å². The third kappa shape index (κ3) is 7.66. The van der Waals surface area contributed by atoms with Gasteiger partial charge in [0.05, 0.1) is 6.61 Å². The highest BCUT2D eigenvalue weighted by Crippen LogP contribution is 2.15. The van der Waals surface area contributed by atoms with Crippen molar-refractivity contribution < 1.29 is 13.9 Å². The lowest BCUT2D eigenvalue weighted by atomic mass is 10.0. The summed E-state index contributed by atoms with van der Waals surface area (Å²) in [6, 6.07) is 21.8. The molecule has 0 aliphatic rings. The Hall–Kier alpha value is -3.46. The molecule has 3 aromatic rings. The van der Waals surface area contributed by atoms with Crippen LogP contribution < -0.4 is 4.74 Å². The van der Waals surface area contributed by atoms with Crippen LogP contribution in [0.1, 0.15) is 52.7 Å². The van der Waals surface area contributed by atoms with E-state index >= 15 is 0 Å². The van der Waals surface area contributed by atoms with Gasteiger partial charge in [-0.15, -0.1) is 0 Å². The zero-order valence-corrected chi connectivity index (χ0v) is 18.3. The highest BCUT2D eigenvalue weighted by atomic mass is 19.1. The quantitative estimate of drug-likeness (QED) is 0.169. The Bertz CT molecular complexity index is 1020. The highest BCUT2D eigenvalue weighted by Gasteiger charge is 2.02. The maximum absolute atomic E-state index is 12.9. The molecule has 0 aliphatic heterocycles. The fraction of sp³-hybridized carbons (Fsp3) is 0.207. The molecule has 2 nitrogen and oxygen atoms in total. The normalized spacial score (nSPS) is 10.9.